The lowest BCUT2D eigenvalue weighted by Crippen LogP contribution is -2.38. The minimum atomic E-state index is -4.85. The first kappa shape index (κ1) is 26.7. The molecule has 0 aromatic heterocycles. The third-order valence-electron chi connectivity index (χ3n) is 4.92. The predicted octanol–water partition coefficient (Wildman–Crippen LogP) is 4.74. The molecule has 0 fully saturated rings. The first-order valence-electron chi connectivity index (χ1n) is 10.4. The largest absolute Gasteiger partial charge is 0.573 e. The van der Waals surface area contributed by atoms with Crippen LogP contribution in [-0.2, 0) is 14.8 Å². The summed E-state index contributed by atoms with van der Waals surface area (Å²) in [6.45, 7) is 1.22. The molecule has 0 radical (unpaired) electrons. The van der Waals surface area contributed by atoms with Gasteiger partial charge < -0.3 is 19.5 Å². The average molecular weight is 525 g/mol. The van der Waals surface area contributed by atoms with Crippen molar-refractivity contribution in [1.82, 2.24) is 0 Å². The Morgan fingerprint density at radius 2 is 1.53 bits per heavy atom. The molecule has 192 valence electrons. The molecule has 12 heteroatoms. The summed E-state index contributed by atoms with van der Waals surface area (Å²) in [5.41, 5.74) is 1.27. The van der Waals surface area contributed by atoms with E-state index in [0.29, 0.717) is 5.75 Å². The monoisotopic (exact) mass is 524 g/mol. The molecule has 0 spiro atoms. The molecule has 3 aromatic carbocycles. The van der Waals surface area contributed by atoms with Crippen molar-refractivity contribution in [3.8, 4) is 17.2 Å². The Balaban J connectivity index is 1.89. The number of hydrogen-bond donors (Lipinski definition) is 1. The molecule has 36 heavy (non-hydrogen) atoms. The number of alkyl halides is 3. The number of halogens is 3. The summed E-state index contributed by atoms with van der Waals surface area (Å²) >= 11 is 0. The van der Waals surface area contributed by atoms with E-state index < -0.39 is 34.6 Å². The van der Waals surface area contributed by atoms with Gasteiger partial charge in [0.15, 0.2) is 11.5 Å². The molecule has 1 amide bonds. The lowest BCUT2D eigenvalue weighted by molar-refractivity contribution is -0.274. The highest BCUT2D eigenvalue weighted by molar-refractivity contribution is 7.92. The van der Waals surface area contributed by atoms with Crippen LogP contribution in [0.1, 0.15) is 5.56 Å². The molecule has 3 rings (SSSR count). The fraction of sp³-hybridized carbons (Fsp3) is 0.208. The number of carbonyl (C=O) groups excluding carboxylic acids is 1. The van der Waals surface area contributed by atoms with Crippen molar-refractivity contribution in [3.63, 3.8) is 0 Å². The van der Waals surface area contributed by atoms with Crippen molar-refractivity contribution in [3.05, 3.63) is 72.3 Å². The molecule has 1 N–H and O–H groups in total. The molecule has 0 aliphatic rings. The molecular formula is C24H23F3N2O6S. The van der Waals surface area contributed by atoms with Gasteiger partial charge in [0.25, 0.3) is 10.0 Å². The minimum absolute atomic E-state index is 0.137. The van der Waals surface area contributed by atoms with Crippen LogP contribution in [0.5, 0.6) is 17.2 Å². The van der Waals surface area contributed by atoms with E-state index in [4.69, 9.17) is 9.47 Å². The number of sulfonamides is 1. The van der Waals surface area contributed by atoms with Crippen LogP contribution in [0.3, 0.4) is 0 Å². The standard InChI is InChI=1S/C24H23F3N2O6S/c1-16-4-8-18(9-5-16)29(36(31,32)20-12-13-21(33-2)22(14-20)34-3)15-23(30)28-17-6-10-19(11-7-17)35-24(25,26)27/h4-14H,15H2,1-3H3,(H,28,30). The molecule has 0 heterocycles. The van der Waals surface area contributed by atoms with Crippen molar-refractivity contribution in [2.24, 2.45) is 0 Å². The summed E-state index contributed by atoms with van der Waals surface area (Å²) in [5, 5.41) is 2.48. The van der Waals surface area contributed by atoms with E-state index >= 15 is 0 Å². The molecule has 0 aliphatic carbocycles. The van der Waals surface area contributed by atoms with Crippen molar-refractivity contribution >= 4 is 27.3 Å². The molecule has 8 nitrogen and oxygen atoms in total. The zero-order valence-corrected chi connectivity index (χ0v) is 20.3. The van der Waals surface area contributed by atoms with Gasteiger partial charge in [0.05, 0.1) is 24.8 Å². The number of amides is 1. The number of benzene rings is 3. The molecule has 0 saturated carbocycles. The van der Waals surface area contributed by atoms with Crippen molar-refractivity contribution in [2.75, 3.05) is 30.4 Å². The molecule has 0 saturated heterocycles. The van der Waals surface area contributed by atoms with E-state index in [9.17, 15) is 26.4 Å². The summed E-state index contributed by atoms with van der Waals surface area (Å²) in [6, 6.07) is 15.0. The van der Waals surface area contributed by atoms with Gasteiger partial charge in [0, 0.05) is 11.8 Å². The summed E-state index contributed by atoms with van der Waals surface area (Å²) in [4.78, 5) is 12.7. The van der Waals surface area contributed by atoms with Gasteiger partial charge >= 0.3 is 6.36 Å². The highest BCUT2D eigenvalue weighted by Gasteiger charge is 2.31. The summed E-state index contributed by atoms with van der Waals surface area (Å²) < 4.78 is 79.3. The van der Waals surface area contributed by atoms with Crippen LogP contribution >= 0.6 is 0 Å². The Morgan fingerprint density at radius 3 is 2.08 bits per heavy atom. The smallest absolute Gasteiger partial charge is 0.493 e. The fourth-order valence-corrected chi connectivity index (χ4v) is 4.64. The second kappa shape index (κ2) is 10.8. The van der Waals surface area contributed by atoms with Gasteiger partial charge in [-0.05, 0) is 55.5 Å². The topological polar surface area (TPSA) is 94.2 Å². The predicted molar refractivity (Wildman–Crippen MR) is 127 cm³/mol. The number of aryl methyl sites for hydroxylation is 1. The SMILES string of the molecule is COc1ccc(S(=O)(=O)N(CC(=O)Nc2ccc(OC(F)(F)F)cc2)c2ccc(C)cc2)cc1OC. The van der Waals surface area contributed by atoms with Gasteiger partial charge in [0.2, 0.25) is 5.91 Å². The Bertz CT molecular complexity index is 1310. The van der Waals surface area contributed by atoms with Gasteiger partial charge in [-0.3, -0.25) is 9.10 Å². The van der Waals surface area contributed by atoms with E-state index in [1.807, 2.05) is 6.92 Å². The molecule has 0 unspecified atom stereocenters. The molecule has 3 aromatic rings. The Morgan fingerprint density at radius 1 is 0.917 bits per heavy atom. The second-order valence-electron chi connectivity index (χ2n) is 7.48. The third kappa shape index (κ3) is 6.60. The van der Waals surface area contributed by atoms with Gasteiger partial charge in [0.1, 0.15) is 12.3 Å². The fourth-order valence-electron chi connectivity index (χ4n) is 3.20. The average Bonchev–Trinajstić information content (AvgIpc) is 2.83. The number of carbonyl (C=O) groups is 1. The number of hydrogen-bond acceptors (Lipinski definition) is 6. The third-order valence-corrected chi connectivity index (χ3v) is 6.69. The normalized spacial score (nSPS) is 11.5. The van der Waals surface area contributed by atoms with Crippen molar-refractivity contribution in [2.45, 2.75) is 18.2 Å². The van der Waals surface area contributed by atoms with Gasteiger partial charge in [-0.2, -0.15) is 0 Å². The van der Waals surface area contributed by atoms with E-state index in [1.165, 1.54) is 44.6 Å². The first-order chi connectivity index (χ1) is 16.9. The summed E-state index contributed by atoms with van der Waals surface area (Å²) in [6.07, 6.45) is -4.85. The number of rotatable bonds is 9. The maximum absolute atomic E-state index is 13.6. The maximum Gasteiger partial charge on any atom is 0.573 e. The number of ether oxygens (including phenoxy) is 3. The Labute approximate surface area is 206 Å². The number of anilines is 2. The highest BCUT2D eigenvalue weighted by atomic mass is 32.2. The number of methoxy groups -OCH3 is 2. The van der Waals surface area contributed by atoms with E-state index in [1.54, 1.807) is 24.3 Å². The van der Waals surface area contributed by atoms with E-state index in [-0.39, 0.29) is 22.0 Å². The molecule has 0 atom stereocenters. The molecular weight excluding hydrogens is 501 g/mol. The van der Waals surface area contributed by atoms with Crippen LogP contribution in [0.15, 0.2) is 71.6 Å². The van der Waals surface area contributed by atoms with Crippen LogP contribution < -0.4 is 23.8 Å². The molecule has 0 aliphatic heterocycles. The van der Waals surface area contributed by atoms with Crippen LogP contribution in [0.4, 0.5) is 24.5 Å². The van der Waals surface area contributed by atoms with Crippen molar-refractivity contribution < 1.29 is 40.6 Å². The van der Waals surface area contributed by atoms with Crippen LogP contribution in [0.2, 0.25) is 0 Å². The quantitative estimate of drug-likeness (QED) is 0.435. The number of nitrogens with zero attached hydrogens (tertiary/aromatic N) is 1. The summed E-state index contributed by atoms with van der Waals surface area (Å²) in [5.74, 6) is -0.663. The number of nitrogens with one attached hydrogen (secondary N) is 1. The van der Waals surface area contributed by atoms with Gasteiger partial charge in [-0.1, -0.05) is 17.7 Å². The van der Waals surface area contributed by atoms with Gasteiger partial charge in [-0.25, -0.2) is 8.42 Å². The van der Waals surface area contributed by atoms with Crippen molar-refractivity contribution in [1.29, 1.82) is 0 Å². The Hall–Kier alpha value is -3.93. The zero-order valence-electron chi connectivity index (χ0n) is 19.5. The zero-order chi connectivity index (χ0) is 26.5. The maximum atomic E-state index is 13.6. The lowest BCUT2D eigenvalue weighted by atomic mass is 10.2. The van der Waals surface area contributed by atoms with E-state index in [2.05, 4.69) is 10.1 Å². The second-order valence-corrected chi connectivity index (χ2v) is 9.35. The molecule has 0 bridgehead atoms. The van der Waals surface area contributed by atoms with Gasteiger partial charge in [-0.15, -0.1) is 13.2 Å². The van der Waals surface area contributed by atoms with E-state index in [0.717, 1.165) is 22.0 Å². The highest BCUT2D eigenvalue weighted by Crippen LogP contribution is 2.32. The lowest BCUT2D eigenvalue weighted by Gasteiger charge is -2.24. The Kier molecular flexibility index (Phi) is 7.98. The first-order valence-corrected chi connectivity index (χ1v) is 11.8. The van der Waals surface area contributed by atoms with Crippen LogP contribution in [0, 0.1) is 6.92 Å². The van der Waals surface area contributed by atoms with Crippen LogP contribution in [0.25, 0.3) is 0 Å². The summed E-state index contributed by atoms with van der Waals surface area (Å²) in [7, 11) is -1.47. The van der Waals surface area contributed by atoms with Crippen LogP contribution in [-0.4, -0.2) is 41.5 Å². The minimum Gasteiger partial charge on any atom is -0.493 e.